The molecule has 1 N–H and O–H groups in total. The van der Waals surface area contributed by atoms with Crippen molar-refractivity contribution in [2.45, 2.75) is 25.8 Å². The molecule has 0 unspecified atom stereocenters. The van der Waals surface area contributed by atoms with E-state index in [4.69, 9.17) is 0 Å². The maximum Gasteiger partial charge on any atom is 0.261 e. The Bertz CT molecular complexity index is 1190. The van der Waals surface area contributed by atoms with E-state index in [1.165, 1.54) is 22.0 Å². The number of carbonyl (C=O) groups excluding carboxylic acids is 1. The van der Waals surface area contributed by atoms with E-state index < -0.39 is 0 Å². The lowest BCUT2D eigenvalue weighted by Gasteiger charge is -2.18. The molecule has 0 bridgehead atoms. The van der Waals surface area contributed by atoms with Gasteiger partial charge in [-0.2, -0.15) is 0 Å². The minimum Gasteiger partial charge on any atom is -0.355 e. The van der Waals surface area contributed by atoms with E-state index in [-0.39, 0.29) is 23.9 Å². The van der Waals surface area contributed by atoms with E-state index in [1.54, 1.807) is 0 Å². The van der Waals surface area contributed by atoms with E-state index >= 15 is 0 Å². The standard InChI is InChI=1S/C26H25N3O2/c1-19-12-13-24-23(16-19)26(31)29(18-28-24)17-25(30)27-15-14-22(20-8-4-2-5-9-20)21-10-6-3-7-11-21/h2-13,16,18,22H,14-15,17H2,1H3,(H,27,30). The highest BCUT2D eigenvalue weighted by molar-refractivity contribution is 5.79. The maximum atomic E-state index is 12.7. The van der Waals surface area contributed by atoms with Crippen molar-refractivity contribution in [3.8, 4) is 0 Å². The summed E-state index contributed by atoms with van der Waals surface area (Å²) in [5.74, 6) is -0.00786. The Balaban J connectivity index is 1.43. The molecule has 0 saturated carbocycles. The fraction of sp³-hybridized carbons (Fsp3) is 0.192. The first kappa shape index (κ1) is 20.5. The number of aryl methyl sites for hydroxylation is 1. The van der Waals surface area contributed by atoms with Crippen LogP contribution in [0, 0.1) is 6.92 Å². The highest BCUT2D eigenvalue weighted by Gasteiger charge is 2.14. The zero-order valence-corrected chi connectivity index (χ0v) is 17.5. The van der Waals surface area contributed by atoms with Crippen LogP contribution in [-0.4, -0.2) is 22.0 Å². The van der Waals surface area contributed by atoms with E-state index in [0.717, 1.165) is 12.0 Å². The van der Waals surface area contributed by atoms with Crippen LogP contribution in [0.5, 0.6) is 0 Å². The molecule has 156 valence electrons. The lowest BCUT2D eigenvalue weighted by molar-refractivity contribution is -0.121. The predicted molar refractivity (Wildman–Crippen MR) is 123 cm³/mol. The molecule has 0 aliphatic carbocycles. The molecular weight excluding hydrogens is 386 g/mol. The number of amides is 1. The molecule has 1 amide bonds. The monoisotopic (exact) mass is 411 g/mol. The Hall–Kier alpha value is -3.73. The number of hydrogen-bond donors (Lipinski definition) is 1. The van der Waals surface area contributed by atoms with Gasteiger partial charge in [0.1, 0.15) is 6.54 Å². The molecule has 0 radical (unpaired) electrons. The number of nitrogens with zero attached hydrogens (tertiary/aromatic N) is 2. The van der Waals surface area contributed by atoms with Crippen molar-refractivity contribution in [2.24, 2.45) is 0 Å². The largest absolute Gasteiger partial charge is 0.355 e. The first-order valence-electron chi connectivity index (χ1n) is 10.4. The van der Waals surface area contributed by atoms with E-state index in [9.17, 15) is 9.59 Å². The third-order valence-electron chi connectivity index (χ3n) is 5.45. The lowest BCUT2D eigenvalue weighted by Crippen LogP contribution is -2.33. The van der Waals surface area contributed by atoms with Crippen LogP contribution in [0.2, 0.25) is 0 Å². The normalized spacial score (nSPS) is 11.0. The molecule has 3 aromatic carbocycles. The summed E-state index contributed by atoms with van der Waals surface area (Å²) in [7, 11) is 0. The summed E-state index contributed by atoms with van der Waals surface area (Å²) in [5, 5.41) is 3.49. The summed E-state index contributed by atoms with van der Waals surface area (Å²) in [6.07, 6.45) is 2.21. The molecule has 0 aliphatic rings. The maximum absolute atomic E-state index is 12.7. The van der Waals surface area contributed by atoms with Gasteiger partial charge in [-0.15, -0.1) is 0 Å². The van der Waals surface area contributed by atoms with Crippen LogP contribution in [0.3, 0.4) is 0 Å². The van der Waals surface area contributed by atoms with Gasteiger partial charge in [-0.05, 0) is 36.6 Å². The molecule has 0 atom stereocenters. The predicted octanol–water partition coefficient (Wildman–Crippen LogP) is 4.04. The third-order valence-corrected chi connectivity index (χ3v) is 5.45. The van der Waals surface area contributed by atoms with Crippen molar-refractivity contribution in [1.82, 2.24) is 14.9 Å². The second-order valence-electron chi connectivity index (χ2n) is 7.71. The van der Waals surface area contributed by atoms with Gasteiger partial charge in [0.25, 0.3) is 5.56 Å². The van der Waals surface area contributed by atoms with Crippen LogP contribution in [0.4, 0.5) is 0 Å². The fourth-order valence-electron chi connectivity index (χ4n) is 3.85. The number of nitrogens with one attached hydrogen (secondary N) is 1. The first-order chi connectivity index (χ1) is 15.1. The van der Waals surface area contributed by atoms with Crippen LogP contribution in [0.1, 0.15) is 29.0 Å². The fourth-order valence-corrected chi connectivity index (χ4v) is 3.85. The van der Waals surface area contributed by atoms with E-state index in [2.05, 4.69) is 34.6 Å². The topological polar surface area (TPSA) is 64.0 Å². The summed E-state index contributed by atoms with van der Waals surface area (Å²) >= 11 is 0. The third kappa shape index (κ3) is 4.89. The number of fused-ring (bicyclic) bond motifs is 1. The Kier molecular flexibility index (Phi) is 6.22. The summed E-state index contributed by atoms with van der Waals surface area (Å²) in [6.45, 7) is 2.40. The molecule has 0 spiro atoms. The summed E-state index contributed by atoms with van der Waals surface area (Å²) in [5.41, 5.74) is 3.86. The van der Waals surface area contributed by atoms with Gasteiger partial charge < -0.3 is 5.32 Å². The molecule has 1 heterocycles. The quantitative estimate of drug-likeness (QED) is 0.499. The SMILES string of the molecule is Cc1ccc2ncn(CC(=O)NCCC(c3ccccc3)c3ccccc3)c(=O)c2c1. The van der Waals surface area contributed by atoms with Crippen LogP contribution >= 0.6 is 0 Å². The average Bonchev–Trinajstić information content (AvgIpc) is 2.80. The summed E-state index contributed by atoms with van der Waals surface area (Å²) in [6, 6.07) is 26.1. The van der Waals surface area contributed by atoms with Gasteiger partial charge in [-0.1, -0.05) is 72.3 Å². The molecule has 0 fully saturated rings. The molecule has 0 saturated heterocycles. The number of aromatic nitrogens is 2. The zero-order chi connectivity index (χ0) is 21.6. The van der Waals surface area contributed by atoms with Crippen molar-refractivity contribution >= 4 is 16.8 Å². The Morgan fingerprint density at radius 3 is 2.26 bits per heavy atom. The van der Waals surface area contributed by atoms with Crippen LogP contribution in [0.15, 0.2) is 90.0 Å². The molecule has 4 rings (SSSR count). The van der Waals surface area contributed by atoms with Crippen molar-refractivity contribution in [3.63, 3.8) is 0 Å². The van der Waals surface area contributed by atoms with E-state index in [0.29, 0.717) is 17.4 Å². The molecule has 0 aliphatic heterocycles. The zero-order valence-electron chi connectivity index (χ0n) is 17.5. The highest BCUT2D eigenvalue weighted by Crippen LogP contribution is 2.27. The highest BCUT2D eigenvalue weighted by atomic mass is 16.2. The van der Waals surface area contributed by atoms with Gasteiger partial charge in [-0.25, -0.2) is 4.98 Å². The second kappa shape index (κ2) is 9.39. The molecule has 4 aromatic rings. The van der Waals surface area contributed by atoms with E-state index in [1.807, 2.05) is 61.5 Å². The Morgan fingerprint density at radius 1 is 0.968 bits per heavy atom. The second-order valence-corrected chi connectivity index (χ2v) is 7.71. The smallest absolute Gasteiger partial charge is 0.261 e. The minimum absolute atomic E-state index is 0.0446. The van der Waals surface area contributed by atoms with Gasteiger partial charge in [0, 0.05) is 12.5 Å². The Labute approximate surface area is 181 Å². The molecule has 5 heteroatoms. The van der Waals surface area contributed by atoms with Crippen LogP contribution in [-0.2, 0) is 11.3 Å². The number of benzene rings is 3. The minimum atomic E-state index is -0.199. The van der Waals surface area contributed by atoms with Gasteiger partial charge in [0.15, 0.2) is 0 Å². The van der Waals surface area contributed by atoms with Crippen molar-refractivity contribution < 1.29 is 4.79 Å². The number of rotatable bonds is 7. The van der Waals surface area contributed by atoms with Crippen LogP contribution < -0.4 is 10.9 Å². The summed E-state index contributed by atoms with van der Waals surface area (Å²) < 4.78 is 1.36. The number of hydrogen-bond acceptors (Lipinski definition) is 3. The Morgan fingerprint density at radius 2 is 1.61 bits per heavy atom. The van der Waals surface area contributed by atoms with Crippen molar-refractivity contribution in [2.75, 3.05) is 6.54 Å². The van der Waals surface area contributed by atoms with Crippen molar-refractivity contribution in [3.05, 3.63) is 112 Å². The van der Waals surface area contributed by atoms with Gasteiger partial charge in [0.2, 0.25) is 5.91 Å². The number of carbonyl (C=O) groups is 1. The van der Waals surface area contributed by atoms with Crippen LogP contribution in [0.25, 0.3) is 10.9 Å². The summed E-state index contributed by atoms with van der Waals surface area (Å²) in [4.78, 5) is 29.5. The molecular formula is C26H25N3O2. The van der Waals surface area contributed by atoms with Gasteiger partial charge in [0.05, 0.1) is 17.2 Å². The average molecular weight is 412 g/mol. The molecule has 5 nitrogen and oxygen atoms in total. The van der Waals surface area contributed by atoms with Gasteiger partial charge in [-0.3, -0.25) is 14.2 Å². The van der Waals surface area contributed by atoms with Crippen molar-refractivity contribution in [1.29, 1.82) is 0 Å². The molecule has 31 heavy (non-hydrogen) atoms. The van der Waals surface area contributed by atoms with Gasteiger partial charge >= 0.3 is 0 Å². The first-order valence-corrected chi connectivity index (χ1v) is 10.4. The lowest BCUT2D eigenvalue weighted by atomic mass is 9.88. The molecule has 1 aromatic heterocycles.